The summed E-state index contributed by atoms with van der Waals surface area (Å²) in [5.74, 6) is 0.0766. The van der Waals surface area contributed by atoms with E-state index in [0.717, 1.165) is 10.6 Å². The Morgan fingerprint density at radius 1 is 0.882 bits per heavy atom. The minimum Gasteiger partial charge on any atom is -0.493 e. The van der Waals surface area contributed by atoms with Crippen LogP contribution in [0, 0.1) is 11.3 Å². The molecule has 3 aromatic rings. The third-order valence-electron chi connectivity index (χ3n) is 5.64. The van der Waals surface area contributed by atoms with E-state index in [4.69, 9.17) is 14.7 Å². The van der Waals surface area contributed by atoms with E-state index in [0.29, 0.717) is 34.9 Å². The molecule has 0 aliphatic carbocycles. The van der Waals surface area contributed by atoms with Gasteiger partial charge >= 0.3 is 0 Å². The van der Waals surface area contributed by atoms with Gasteiger partial charge in [-0.2, -0.15) is 5.26 Å². The molecule has 0 aromatic heterocycles. The number of rotatable bonds is 7. The van der Waals surface area contributed by atoms with E-state index in [1.165, 1.54) is 14.2 Å². The second-order valence-corrected chi connectivity index (χ2v) is 7.48. The number of ether oxygens (including phenoxy) is 2. The van der Waals surface area contributed by atoms with Crippen LogP contribution in [0.2, 0.25) is 0 Å². The average Bonchev–Trinajstić information content (AvgIpc) is 3.14. The first-order valence-corrected chi connectivity index (χ1v) is 10.7. The number of hydrogen-bond donors (Lipinski definition) is 0. The van der Waals surface area contributed by atoms with Crippen molar-refractivity contribution in [1.29, 1.82) is 5.26 Å². The van der Waals surface area contributed by atoms with Crippen LogP contribution in [0.4, 0.5) is 11.4 Å². The highest BCUT2D eigenvalue weighted by molar-refractivity contribution is 6.46. The van der Waals surface area contributed by atoms with Gasteiger partial charge in [-0.25, -0.2) is 4.90 Å². The molecule has 1 aliphatic heterocycles. The number of carbonyl (C=O) groups excluding carboxylic acids is 2. The smallest absolute Gasteiger partial charge is 0.282 e. The highest BCUT2D eigenvalue weighted by Gasteiger charge is 2.42. The summed E-state index contributed by atoms with van der Waals surface area (Å²) in [6, 6.07) is 23.0. The van der Waals surface area contributed by atoms with Gasteiger partial charge in [-0.15, -0.1) is 0 Å². The summed E-state index contributed by atoms with van der Waals surface area (Å²) >= 11 is 0. The van der Waals surface area contributed by atoms with E-state index < -0.39 is 11.8 Å². The van der Waals surface area contributed by atoms with Gasteiger partial charge in [-0.05, 0) is 61.0 Å². The highest BCUT2D eigenvalue weighted by Crippen LogP contribution is 2.39. The molecule has 0 unspecified atom stereocenters. The van der Waals surface area contributed by atoms with Gasteiger partial charge in [0.05, 0.1) is 37.1 Å². The van der Waals surface area contributed by atoms with Crippen molar-refractivity contribution in [1.82, 2.24) is 0 Å². The monoisotopic (exact) mass is 453 g/mol. The second kappa shape index (κ2) is 9.51. The molecule has 7 heteroatoms. The van der Waals surface area contributed by atoms with E-state index in [9.17, 15) is 9.59 Å². The summed E-state index contributed by atoms with van der Waals surface area (Å²) in [6.07, 6.45) is 0. The maximum Gasteiger partial charge on any atom is 0.282 e. The maximum atomic E-state index is 13.8. The number of benzene rings is 3. The van der Waals surface area contributed by atoms with Crippen LogP contribution in [0.15, 0.2) is 78.5 Å². The number of nitrogens with zero attached hydrogens (tertiary/aromatic N) is 3. The molecule has 0 N–H and O–H groups in total. The number of methoxy groups -OCH3 is 2. The van der Waals surface area contributed by atoms with Crippen molar-refractivity contribution >= 4 is 28.8 Å². The average molecular weight is 453 g/mol. The molecular formula is C27H23N3O4. The Morgan fingerprint density at radius 2 is 1.56 bits per heavy atom. The fraction of sp³-hybridized carbons (Fsp3) is 0.148. The van der Waals surface area contributed by atoms with Crippen LogP contribution >= 0.6 is 0 Å². The van der Waals surface area contributed by atoms with Gasteiger partial charge < -0.3 is 14.4 Å². The summed E-state index contributed by atoms with van der Waals surface area (Å²) in [6.45, 7) is 2.39. The first-order valence-electron chi connectivity index (χ1n) is 10.7. The van der Waals surface area contributed by atoms with Crippen LogP contribution in [-0.2, 0) is 9.59 Å². The second-order valence-electron chi connectivity index (χ2n) is 7.48. The predicted octanol–water partition coefficient (Wildman–Crippen LogP) is 4.39. The Hall–Kier alpha value is -4.57. The molecule has 0 radical (unpaired) electrons. The lowest BCUT2D eigenvalue weighted by atomic mass is 10.0. The quantitative estimate of drug-likeness (QED) is 0.494. The van der Waals surface area contributed by atoms with E-state index in [2.05, 4.69) is 6.07 Å². The van der Waals surface area contributed by atoms with E-state index in [1.807, 2.05) is 42.2 Å². The molecule has 1 heterocycles. The third kappa shape index (κ3) is 3.86. The first-order chi connectivity index (χ1) is 16.5. The Bertz CT molecular complexity index is 1310. The zero-order valence-corrected chi connectivity index (χ0v) is 19.1. The van der Waals surface area contributed by atoms with Crippen molar-refractivity contribution < 1.29 is 19.1 Å². The van der Waals surface area contributed by atoms with Crippen LogP contribution in [0.25, 0.3) is 5.57 Å². The molecule has 1 aliphatic rings. The number of hydrogen-bond acceptors (Lipinski definition) is 6. The zero-order chi connectivity index (χ0) is 24.2. The highest BCUT2D eigenvalue weighted by atomic mass is 16.5. The van der Waals surface area contributed by atoms with Crippen molar-refractivity contribution in [2.24, 2.45) is 0 Å². The van der Waals surface area contributed by atoms with E-state index in [1.54, 1.807) is 42.5 Å². The SMILES string of the molecule is CCN(C1=C(c2ccc(OC)c(OC)c2)C(=O)N(c2ccc(C#N)cc2)C1=O)c1ccccc1. The van der Waals surface area contributed by atoms with Crippen molar-refractivity contribution in [2.75, 3.05) is 30.6 Å². The standard InChI is InChI=1S/C27H23N3O4/c1-4-29(20-8-6-5-7-9-20)25-24(19-12-15-22(33-2)23(16-19)34-3)26(31)30(27(25)32)21-13-10-18(17-28)11-14-21/h5-16H,4H2,1-3H3. The van der Waals surface area contributed by atoms with E-state index in [-0.39, 0.29) is 11.3 Å². The normalized spacial score (nSPS) is 13.2. The fourth-order valence-corrected chi connectivity index (χ4v) is 4.02. The minimum atomic E-state index is -0.452. The molecule has 34 heavy (non-hydrogen) atoms. The largest absolute Gasteiger partial charge is 0.493 e. The van der Waals surface area contributed by atoms with Gasteiger partial charge in [-0.1, -0.05) is 24.3 Å². The number of carbonyl (C=O) groups is 2. The van der Waals surface area contributed by atoms with Crippen LogP contribution in [0.3, 0.4) is 0 Å². The Labute approximate surface area is 198 Å². The summed E-state index contributed by atoms with van der Waals surface area (Å²) in [7, 11) is 3.05. The molecule has 0 bridgehead atoms. The lowest BCUT2D eigenvalue weighted by Crippen LogP contribution is -2.35. The lowest BCUT2D eigenvalue weighted by molar-refractivity contribution is -0.120. The number of likely N-dealkylation sites (N-methyl/N-ethyl adjacent to an activating group) is 1. The van der Waals surface area contributed by atoms with Gasteiger partial charge in [0.25, 0.3) is 11.8 Å². The van der Waals surface area contributed by atoms with Crippen LogP contribution in [0.1, 0.15) is 18.1 Å². The zero-order valence-electron chi connectivity index (χ0n) is 19.1. The topological polar surface area (TPSA) is 82.9 Å². The van der Waals surface area contributed by atoms with Gasteiger partial charge in [0.2, 0.25) is 0 Å². The molecule has 7 nitrogen and oxygen atoms in total. The predicted molar refractivity (Wildman–Crippen MR) is 130 cm³/mol. The lowest BCUT2D eigenvalue weighted by Gasteiger charge is -2.25. The molecule has 3 aromatic carbocycles. The van der Waals surface area contributed by atoms with Crippen LogP contribution in [-0.4, -0.2) is 32.6 Å². The van der Waals surface area contributed by atoms with Gasteiger partial charge in [0.1, 0.15) is 5.70 Å². The van der Waals surface area contributed by atoms with Crippen molar-refractivity contribution in [3.05, 3.63) is 89.6 Å². The van der Waals surface area contributed by atoms with Gasteiger partial charge in [0, 0.05) is 12.2 Å². The van der Waals surface area contributed by atoms with Gasteiger partial charge in [-0.3, -0.25) is 9.59 Å². The number of anilines is 2. The van der Waals surface area contributed by atoms with Gasteiger partial charge in [0.15, 0.2) is 11.5 Å². The van der Waals surface area contributed by atoms with Crippen molar-refractivity contribution in [3.8, 4) is 17.6 Å². The summed E-state index contributed by atoms with van der Waals surface area (Å²) < 4.78 is 10.8. The molecule has 2 amide bonds. The maximum absolute atomic E-state index is 13.8. The van der Waals surface area contributed by atoms with Crippen LogP contribution < -0.4 is 19.3 Å². The van der Waals surface area contributed by atoms with Crippen molar-refractivity contribution in [2.45, 2.75) is 6.92 Å². The number of nitriles is 1. The molecule has 0 saturated heterocycles. The summed E-state index contributed by atoms with van der Waals surface area (Å²) in [4.78, 5) is 30.5. The Kier molecular flexibility index (Phi) is 6.33. The molecule has 0 saturated carbocycles. The van der Waals surface area contributed by atoms with Crippen LogP contribution in [0.5, 0.6) is 11.5 Å². The van der Waals surface area contributed by atoms with E-state index >= 15 is 0 Å². The Morgan fingerprint density at radius 3 is 2.15 bits per heavy atom. The molecule has 4 rings (SSSR count). The minimum absolute atomic E-state index is 0.265. The third-order valence-corrected chi connectivity index (χ3v) is 5.64. The van der Waals surface area contributed by atoms with Crippen molar-refractivity contribution in [3.63, 3.8) is 0 Å². The number of amides is 2. The summed E-state index contributed by atoms with van der Waals surface area (Å²) in [5, 5.41) is 9.12. The molecule has 170 valence electrons. The number of para-hydroxylation sites is 1. The number of imide groups is 1. The Balaban J connectivity index is 1.91. The molecule has 0 atom stereocenters. The molecule has 0 fully saturated rings. The first kappa shape index (κ1) is 22.6. The molecular weight excluding hydrogens is 430 g/mol. The molecule has 0 spiro atoms. The summed E-state index contributed by atoms with van der Waals surface area (Å²) in [5.41, 5.74) is 2.70. The fourth-order valence-electron chi connectivity index (χ4n) is 4.02.